The fourth-order valence-corrected chi connectivity index (χ4v) is 3.81. The molecule has 5 nitrogen and oxygen atoms in total. The molecule has 3 aromatic rings. The summed E-state index contributed by atoms with van der Waals surface area (Å²) in [5.41, 5.74) is 5.50. The van der Waals surface area contributed by atoms with Crippen molar-refractivity contribution in [3.8, 4) is 11.3 Å². The number of hydrogen-bond donors (Lipinski definition) is 1. The van der Waals surface area contributed by atoms with E-state index in [-0.39, 0.29) is 11.8 Å². The van der Waals surface area contributed by atoms with Crippen molar-refractivity contribution in [2.45, 2.75) is 33.2 Å². The summed E-state index contributed by atoms with van der Waals surface area (Å²) >= 11 is 0. The zero-order chi connectivity index (χ0) is 20.9. The van der Waals surface area contributed by atoms with Crippen LogP contribution in [0.15, 0.2) is 60.7 Å². The summed E-state index contributed by atoms with van der Waals surface area (Å²) in [6.45, 7) is 6.29. The van der Waals surface area contributed by atoms with Crippen LogP contribution in [0.1, 0.15) is 29.5 Å². The minimum absolute atomic E-state index is 0.0252. The van der Waals surface area contributed by atoms with Crippen molar-refractivity contribution in [2.24, 2.45) is 5.92 Å². The highest BCUT2D eigenvalue weighted by atomic mass is 16.1. The minimum atomic E-state index is -0.0252. The van der Waals surface area contributed by atoms with E-state index in [2.05, 4.69) is 82.8 Å². The lowest BCUT2D eigenvalue weighted by Crippen LogP contribution is -2.43. The average molecular weight is 401 g/mol. The summed E-state index contributed by atoms with van der Waals surface area (Å²) in [6.07, 6.45) is 1.88. The van der Waals surface area contributed by atoms with Gasteiger partial charge in [0.15, 0.2) is 5.82 Å². The van der Waals surface area contributed by atoms with Crippen molar-refractivity contribution in [3.63, 3.8) is 0 Å². The number of benzene rings is 2. The van der Waals surface area contributed by atoms with Gasteiger partial charge in [0.2, 0.25) is 5.91 Å². The molecule has 4 rings (SSSR count). The number of nitrogens with zero attached hydrogens (tertiary/aromatic N) is 3. The van der Waals surface area contributed by atoms with E-state index in [4.69, 9.17) is 0 Å². The molecule has 0 radical (unpaired) electrons. The summed E-state index contributed by atoms with van der Waals surface area (Å²) in [4.78, 5) is 14.9. The van der Waals surface area contributed by atoms with Crippen molar-refractivity contribution in [3.05, 3.63) is 77.4 Å². The van der Waals surface area contributed by atoms with Gasteiger partial charge in [0.05, 0.1) is 11.6 Å². The number of amides is 1. The van der Waals surface area contributed by atoms with Gasteiger partial charge in [0, 0.05) is 25.2 Å². The fourth-order valence-electron chi connectivity index (χ4n) is 3.81. The van der Waals surface area contributed by atoms with E-state index in [1.165, 1.54) is 11.1 Å². The first-order chi connectivity index (χ1) is 14.6. The molecule has 1 aliphatic heterocycles. The molecule has 1 atom stereocenters. The maximum absolute atomic E-state index is 12.7. The van der Waals surface area contributed by atoms with Gasteiger partial charge in [-0.1, -0.05) is 59.7 Å². The van der Waals surface area contributed by atoms with E-state index in [1.54, 1.807) is 0 Å². The number of piperidine rings is 1. The number of aromatic nitrogens is 2. The number of rotatable bonds is 5. The number of anilines is 1. The van der Waals surface area contributed by atoms with Crippen LogP contribution in [0.2, 0.25) is 0 Å². The summed E-state index contributed by atoms with van der Waals surface area (Å²) in [5.74, 6) is 0.925. The number of aryl methyl sites for hydroxylation is 2. The van der Waals surface area contributed by atoms with E-state index >= 15 is 0 Å². The lowest BCUT2D eigenvalue weighted by Gasteiger charge is -2.32. The van der Waals surface area contributed by atoms with Crippen molar-refractivity contribution in [1.29, 1.82) is 0 Å². The van der Waals surface area contributed by atoms with Crippen LogP contribution in [-0.4, -0.2) is 29.2 Å². The van der Waals surface area contributed by atoms with Crippen LogP contribution in [0.5, 0.6) is 0 Å². The maximum Gasteiger partial charge on any atom is 0.225 e. The highest BCUT2D eigenvalue weighted by molar-refractivity contribution is 5.79. The van der Waals surface area contributed by atoms with E-state index < -0.39 is 0 Å². The fraction of sp³-hybridized carbons (Fsp3) is 0.320. The van der Waals surface area contributed by atoms with Gasteiger partial charge in [-0.15, -0.1) is 10.2 Å². The SMILES string of the molecule is Cc1ccc(CNC(=O)[C@@H]2CCCN(c3ccc(-c4ccc(C)cc4)nn3)C2)cc1. The van der Waals surface area contributed by atoms with Crippen LogP contribution in [0.4, 0.5) is 5.82 Å². The van der Waals surface area contributed by atoms with Gasteiger partial charge in [0.1, 0.15) is 0 Å². The van der Waals surface area contributed by atoms with Gasteiger partial charge in [0.25, 0.3) is 0 Å². The zero-order valence-electron chi connectivity index (χ0n) is 17.6. The van der Waals surface area contributed by atoms with Gasteiger partial charge >= 0.3 is 0 Å². The Morgan fingerprint density at radius 1 is 0.967 bits per heavy atom. The van der Waals surface area contributed by atoms with Crippen molar-refractivity contribution in [1.82, 2.24) is 15.5 Å². The third-order valence-corrected chi connectivity index (χ3v) is 5.70. The summed E-state index contributed by atoms with van der Waals surface area (Å²) in [6, 6.07) is 20.6. The first-order valence-electron chi connectivity index (χ1n) is 10.6. The van der Waals surface area contributed by atoms with Gasteiger partial charge in [-0.05, 0) is 44.4 Å². The molecular formula is C25H28N4O. The Balaban J connectivity index is 1.36. The van der Waals surface area contributed by atoms with Crippen LogP contribution in [0.3, 0.4) is 0 Å². The average Bonchev–Trinajstić information content (AvgIpc) is 2.79. The smallest absolute Gasteiger partial charge is 0.225 e. The van der Waals surface area contributed by atoms with Crippen molar-refractivity contribution < 1.29 is 4.79 Å². The summed E-state index contributed by atoms with van der Waals surface area (Å²) in [5, 5.41) is 11.9. The Hall–Kier alpha value is -3.21. The van der Waals surface area contributed by atoms with Gasteiger partial charge in [-0.25, -0.2) is 0 Å². The Bertz CT molecular complexity index is 981. The molecule has 5 heteroatoms. The molecule has 0 bridgehead atoms. The first kappa shape index (κ1) is 20.1. The summed E-state index contributed by atoms with van der Waals surface area (Å²) in [7, 11) is 0. The Labute approximate surface area is 178 Å². The molecule has 1 aromatic heterocycles. The zero-order valence-corrected chi connectivity index (χ0v) is 17.6. The van der Waals surface area contributed by atoms with Crippen molar-refractivity contribution >= 4 is 11.7 Å². The molecule has 2 aromatic carbocycles. The molecule has 154 valence electrons. The second-order valence-electron chi connectivity index (χ2n) is 8.13. The quantitative estimate of drug-likeness (QED) is 0.694. The predicted octanol–water partition coefficient (Wildman–Crippen LogP) is 4.29. The van der Waals surface area contributed by atoms with E-state index in [0.29, 0.717) is 13.1 Å². The third-order valence-electron chi connectivity index (χ3n) is 5.70. The molecule has 2 heterocycles. The van der Waals surface area contributed by atoms with Crippen LogP contribution in [0, 0.1) is 19.8 Å². The molecule has 1 saturated heterocycles. The Morgan fingerprint density at radius 3 is 2.33 bits per heavy atom. The van der Waals surface area contributed by atoms with Crippen molar-refractivity contribution in [2.75, 3.05) is 18.0 Å². The highest BCUT2D eigenvalue weighted by Crippen LogP contribution is 2.23. The molecule has 1 fully saturated rings. The topological polar surface area (TPSA) is 58.1 Å². The van der Waals surface area contributed by atoms with Crippen LogP contribution in [-0.2, 0) is 11.3 Å². The largest absolute Gasteiger partial charge is 0.354 e. The lowest BCUT2D eigenvalue weighted by atomic mass is 9.97. The normalized spacial score (nSPS) is 16.3. The Morgan fingerprint density at radius 2 is 1.67 bits per heavy atom. The lowest BCUT2D eigenvalue weighted by molar-refractivity contribution is -0.125. The second kappa shape index (κ2) is 9.08. The summed E-state index contributed by atoms with van der Waals surface area (Å²) < 4.78 is 0. The maximum atomic E-state index is 12.7. The van der Waals surface area contributed by atoms with E-state index in [1.807, 2.05) is 12.1 Å². The van der Waals surface area contributed by atoms with E-state index in [9.17, 15) is 4.79 Å². The molecule has 1 amide bonds. The van der Waals surface area contributed by atoms with Gasteiger partial charge in [-0.2, -0.15) is 0 Å². The third kappa shape index (κ3) is 4.85. The molecule has 1 aliphatic rings. The molecule has 30 heavy (non-hydrogen) atoms. The standard InChI is InChI=1S/C25H28N4O/c1-18-5-9-20(10-6-18)16-26-25(30)22-4-3-15-29(17-22)24-14-13-23(27-28-24)21-11-7-19(2)8-12-21/h5-14,22H,3-4,15-17H2,1-2H3,(H,26,30)/t22-/m1/s1. The number of carbonyl (C=O) groups is 1. The van der Waals surface area contributed by atoms with Gasteiger partial charge in [-0.3, -0.25) is 4.79 Å². The molecule has 0 saturated carbocycles. The highest BCUT2D eigenvalue weighted by Gasteiger charge is 2.26. The molecular weight excluding hydrogens is 372 g/mol. The van der Waals surface area contributed by atoms with Crippen LogP contribution < -0.4 is 10.2 Å². The van der Waals surface area contributed by atoms with Crippen LogP contribution >= 0.6 is 0 Å². The van der Waals surface area contributed by atoms with Crippen LogP contribution in [0.25, 0.3) is 11.3 Å². The first-order valence-corrected chi connectivity index (χ1v) is 10.6. The molecule has 0 aliphatic carbocycles. The van der Waals surface area contributed by atoms with Gasteiger partial charge < -0.3 is 10.2 Å². The number of nitrogens with one attached hydrogen (secondary N) is 1. The number of carbonyl (C=O) groups excluding carboxylic acids is 1. The second-order valence-corrected chi connectivity index (χ2v) is 8.13. The molecule has 0 spiro atoms. The Kier molecular flexibility index (Phi) is 6.07. The minimum Gasteiger partial charge on any atom is -0.354 e. The monoisotopic (exact) mass is 400 g/mol. The molecule has 0 unspecified atom stereocenters. The van der Waals surface area contributed by atoms with E-state index in [0.717, 1.165) is 42.0 Å². The molecule has 1 N–H and O–H groups in total. The predicted molar refractivity (Wildman–Crippen MR) is 120 cm³/mol. The number of hydrogen-bond acceptors (Lipinski definition) is 4.